The zero-order chi connectivity index (χ0) is 15.0. The predicted molar refractivity (Wildman–Crippen MR) is 72.3 cm³/mol. The first-order valence-corrected chi connectivity index (χ1v) is 6.37. The number of imidazole rings is 1. The van der Waals surface area contributed by atoms with Gasteiger partial charge < -0.3 is 14.9 Å². The van der Waals surface area contributed by atoms with Crippen LogP contribution in [0.2, 0.25) is 5.28 Å². The zero-order valence-corrected chi connectivity index (χ0v) is 11.7. The Morgan fingerprint density at radius 2 is 2.33 bits per heavy atom. The molecule has 9 nitrogen and oxygen atoms in total. The second kappa shape index (κ2) is 5.45. The van der Waals surface area contributed by atoms with Crippen LogP contribution in [0.5, 0.6) is 0 Å². The van der Waals surface area contributed by atoms with Gasteiger partial charge in [0.2, 0.25) is 11.5 Å². The smallest absolute Gasteiger partial charge is 0.226 e. The summed E-state index contributed by atoms with van der Waals surface area (Å²) in [6, 6.07) is 0. The Hall–Kier alpha value is -1.94. The van der Waals surface area contributed by atoms with E-state index in [1.54, 1.807) is 0 Å². The summed E-state index contributed by atoms with van der Waals surface area (Å²) in [6.45, 7) is -0.299. The highest BCUT2D eigenvalue weighted by Crippen LogP contribution is 2.30. The molecule has 10 heteroatoms. The van der Waals surface area contributed by atoms with E-state index in [9.17, 15) is 5.11 Å². The molecule has 0 aromatic carbocycles. The Balaban J connectivity index is 2.05. The van der Waals surface area contributed by atoms with E-state index < -0.39 is 12.3 Å². The lowest BCUT2D eigenvalue weighted by atomic mass is 10.3. The lowest BCUT2D eigenvalue weighted by Crippen LogP contribution is -2.20. The van der Waals surface area contributed by atoms with Gasteiger partial charge in [-0.2, -0.15) is 9.97 Å². The second-order valence-electron chi connectivity index (χ2n) is 4.26. The van der Waals surface area contributed by atoms with Gasteiger partial charge in [-0.15, -0.1) is 0 Å². The van der Waals surface area contributed by atoms with Gasteiger partial charge in [-0.1, -0.05) is 0 Å². The van der Waals surface area contributed by atoms with Crippen LogP contribution in [-0.4, -0.2) is 49.6 Å². The average molecular weight is 314 g/mol. The van der Waals surface area contributed by atoms with Crippen LogP contribution in [0.15, 0.2) is 18.2 Å². The molecule has 2 aromatic rings. The van der Waals surface area contributed by atoms with Crippen LogP contribution >= 0.6 is 11.6 Å². The van der Waals surface area contributed by atoms with Gasteiger partial charge in [-0.25, -0.2) is 10.5 Å². The van der Waals surface area contributed by atoms with Gasteiger partial charge in [0.05, 0.1) is 7.11 Å². The molecule has 3 rings (SSSR count). The predicted octanol–water partition coefficient (Wildman–Crippen LogP) is 0.219. The largest absolute Gasteiger partial charge is 0.469 e. The molecule has 3 N–H and O–H groups in total. The van der Waals surface area contributed by atoms with E-state index in [-0.39, 0.29) is 17.6 Å². The summed E-state index contributed by atoms with van der Waals surface area (Å²) in [5.74, 6) is 0.582. The van der Waals surface area contributed by atoms with Crippen molar-refractivity contribution in [3.8, 4) is 0 Å². The minimum absolute atomic E-state index is 0.00775. The van der Waals surface area contributed by atoms with Crippen molar-refractivity contribution in [2.24, 2.45) is 0 Å². The van der Waals surface area contributed by atoms with Crippen LogP contribution in [0.4, 0.5) is 5.82 Å². The molecule has 2 atom stereocenters. The van der Waals surface area contributed by atoms with Crippen molar-refractivity contribution in [1.29, 1.82) is 0 Å². The third-order valence-electron chi connectivity index (χ3n) is 2.94. The van der Waals surface area contributed by atoms with Crippen molar-refractivity contribution in [3.63, 3.8) is 0 Å². The van der Waals surface area contributed by atoms with Crippen LogP contribution in [0.1, 0.15) is 6.23 Å². The molecule has 1 aliphatic heterocycles. The molecule has 0 fully saturated rings. The van der Waals surface area contributed by atoms with E-state index in [0.717, 1.165) is 0 Å². The van der Waals surface area contributed by atoms with E-state index in [2.05, 4.69) is 20.4 Å². The standard InChI is InChI=1S/C11H12ClN5O4/c1-20-16-8-7-9(15-11(12)14-8)17(4-13-7)10-6(19)2-5(3-18)21-10/h2,4,6,10,18-19H,3H2,1H3,(H,14,15,16)/t6-,10-/m1/s1. The molecule has 0 saturated heterocycles. The lowest BCUT2D eigenvalue weighted by Gasteiger charge is -2.17. The van der Waals surface area contributed by atoms with Gasteiger partial charge in [0, 0.05) is 0 Å². The maximum absolute atomic E-state index is 9.99. The van der Waals surface area contributed by atoms with E-state index in [1.165, 1.54) is 24.1 Å². The van der Waals surface area contributed by atoms with Crippen LogP contribution in [0.25, 0.3) is 11.2 Å². The number of aromatic nitrogens is 4. The SMILES string of the molecule is CONc1nc(Cl)nc2c1ncn2[C@@H]1OC(CO)=C[C@H]1O. The number of hydrogen-bond donors (Lipinski definition) is 3. The molecular formula is C11H12ClN5O4. The first-order chi connectivity index (χ1) is 10.1. The molecule has 0 radical (unpaired) electrons. The summed E-state index contributed by atoms with van der Waals surface area (Å²) in [7, 11) is 1.43. The molecule has 0 spiro atoms. The van der Waals surface area contributed by atoms with E-state index in [1.807, 2.05) is 0 Å². The third-order valence-corrected chi connectivity index (χ3v) is 3.11. The summed E-state index contributed by atoms with van der Waals surface area (Å²) < 4.78 is 6.95. The molecule has 21 heavy (non-hydrogen) atoms. The fraction of sp³-hybridized carbons (Fsp3) is 0.364. The monoisotopic (exact) mass is 313 g/mol. The summed E-state index contributed by atoms with van der Waals surface area (Å²) in [5, 5.41) is 19.0. The maximum Gasteiger partial charge on any atom is 0.226 e. The van der Waals surface area contributed by atoms with E-state index in [0.29, 0.717) is 17.0 Å². The number of aliphatic hydroxyl groups excluding tert-OH is 2. The molecule has 0 aliphatic carbocycles. The highest BCUT2D eigenvalue weighted by atomic mass is 35.5. The molecule has 1 aliphatic rings. The number of hydrogen-bond acceptors (Lipinski definition) is 8. The second-order valence-corrected chi connectivity index (χ2v) is 4.60. The Morgan fingerprint density at radius 1 is 1.52 bits per heavy atom. The van der Waals surface area contributed by atoms with Crippen molar-refractivity contribution in [2.75, 3.05) is 19.2 Å². The van der Waals surface area contributed by atoms with Crippen molar-refractivity contribution < 1.29 is 19.8 Å². The number of aliphatic hydroxyl groups is 2. The summed E-state index contributed by atoms with van der Waals surface area (Å²) in [4.78, 5) is 17.0. The van der Waals surface area contributed by atoms with Crippen molar-refractivity contribution in [2.45, 2.75) is 12.3 Å². The molecule has 0 saturated carbocycles. The number of anilines is 1. The van der Waals surface area contributed by atoms with Gasteiger partial charge in [0.1, 0.15) is 24.8 Å². The minimum Gasteiger partial charge on any atom is -0.469 e. The van der Waals surface area contributed by atoms with Gasteiger partial charge in [0.25, 0.3) is 0 Å². The Labute approximate surface area is 123 Å². The van der Waals surface area contributed by atoms with Gasteiger partial charge in [-0.3, -0.25) is 9.40 Å². The quantitative estimate of drug-likeness (QED) is 0.542. The number of nitrogens with zero attached hydrogens (tertiary/aromatic N) is 4. The van der Waals surface area contributed by atoms with Crippen molar-refractivity contribution in [1.82, 2.24) is 19.5 Å². The fourth-order valence-corrected chi connectivity index (χ4v) is 2.26. The molecule has 0 amide bonds. The van der Waals surface area contributed by atoms with Gasteiger partial charge >= 0.3 is 0 Å². The molecule has 3 heterocycles. The summed E-state index contributed by atoms with van der Waals surface area (Å²) in [6.07, 6.45) is 1.15. The maximum atomic E-state index is 9.99. The molecule has 0 unspecified atom stereocenters. The third kappa shape index (κ3) is 2.40. The highest BCUT2D eigenvalue weighted by molar-refractivity contribution is 6.28. The van der Waals surface area contributed by atoms with Gasteiger partial charge in [0.15, 0.2) is 17.0 Å². The van der Waals surface area contributed by atoms with Crippen molar-refractivity contribution >= 4 is 28.6 Å². The minimum atomic E-state index is -0.933. The van der Waals surface area contributed by atoms with E-state index >= 15 is 0 Å². The number of rotatable bonds is 4. The summed E-state index contributed by atoms with van der Waals surface area (Å²) in [5.41, 5.74) is 3.34. The number of fused-ring (bicyclic) bond motifs is 1. The molecular weight excluding hydrogens is 302 g/mol. The average Bonchev–Trinajstić information content (AvgIpc) is 3.02. The van der Waals surface area contributed by atoms with E-state index in [4.69, 9.17) is 26.3 Å². The topological polar surface area (TPSA) is 115 Å². The Kier molecular flexibility index (Phi) is 3.64. The number of nitrogens with one attached hydrogen (secondary N) is 1. The molecule has 0 bridgehead atoms. The zero-order valence-electron chi connectivity index (χ0n) is 10.9. The normalized spacial score (nSPS) is 21.4. The molecule has 2 aromatic heterocycles. The van der Waals surface area contributed by atoms with Gasteiger partial charge in [-0.05, 0) is 17.7 Å². The first kappa shape index (κ1) is 14.0. The Bertz CT molecular complexity index is 703. The van der Waals surface area contributed by atoms with Crippen LogP contribution in [-0.2, 0) is 9.57 Å². The Morgan fingerprint density at radius 3 is 3.00 bits per heavy atom. The van der Waals surface area contributed by atoms with Crippen molar-refractivity contribution in [3.05, 3.63) is 23.4 Å². The summed E-state index contributed by atoms with van der Waals surface area (Å²) >= 11 is 5.87. The van der Waals surface area contributed by atoms with Crippen LogP contribution < -0.4 is 5.48 Å². The van der Waals surface area contributed by atoms with Crippen LogP contribution in [0, 0.1) is 0 Å². The first-order valence-electron chi connectivity index (χ1n) is 5.99. The fourth-order valence-electron chi connectivity index (χ4n) is 2.09. The number of ether oxygens (including phenoxy) is 1. The number of halogens is 1. The molecule has 112 valence electrons. The van der Waals surface area contributed by atoms with Crippen LogP contribution in [0.3, 0.4) is 0 Å². The highest BCUT2D eigenvalue weighted by Gasteiger charge is 2.31. The lowest BCUT2D eigenvalue weighted by molar-refractivity contribution is -0.00500.